The summed E-state index contributed by atoms with van der Waals surface area (Å²) >= 11 is 0. The van der Waals surface area contributed by atoms with E-state index in [4.69, 9.17) is 23.8 Å². The van der Waals surface area contributed by atoms with Crippen molar-refractivity contribution < 1.29 is 8.83 Å². The lowest BCUT2D eigenvalue weighted by Gasteiger charge is -2.13. The summed E-state index contributed by atoms with van der Waals surface area (Å²) in [6.07, 6.45) is 10.2. The van der Waals surface area contributed by atoms with E-state index in [1.807, 2.05) is 66.8 Å². The summed E-state index contributed by atoms with van der Waals surface area (Å²) in [4.78, 5) is 15.4. The van der Waals surface area contributed by atoms with Gasteiger partial charge in [0.05, 0.1) is 0 Å². The lowest BCUT2D eigenvalue weighted by molar-refractivity contribution is 0.668. The molecule has 0 bridgehead atoms. The van der Waals surface area contributed by atoms with Gasteiger partial charge >= 0.3 is 0 Å². The molecule has 0 spiro atoms. The van der Waals surface area contributed by atoms with Crippen molar-refractivity contribution in [2.24, 2.45) is 0 Å². The summed E-state index contributed by atoms with van der Waals surface area (Å²) in [6.45, 7) is 3.77. The van der Waals surface area contributed by atoms with Gasteiger partial charge in [-0.15, -0.1) is 0 Å². The highest BCUT2D eigenvalue weighted by Gasteiger charge is 2.22. The second-order valence-electron chi connectivity index (χ2n) is 12.0. The number of benzene rings is 6. The Hall–Kier alpha value is -6.59. The maximum Gasteiger partial charge on any atom is 0.165 e. The van der Waals surface area contributed by atoms with Crippen LogP contribution >= 0.6 is 0 Å². The van der Waals surface area contributed by atoms with Crippen LogP contribution in [0, 0.1) is 0 Å². The largest absolute Gasteiger partial charge is 0.456 e. The molecule has 5 nitrogen and oxygen atoms in total. The van der Waals surface area contributed by atoms with Gasteiger partial charge in [-0.1, -0.05) is 116 Å². The van der Waals surface area contributed by atoms with Crippen LogP contribution in [0.4, 0.5) is 0 Å². The molecule has 0 unspecified atom stereocenters. The number of para-hydroxylation sites is 2. The predicted molar refractivity (Wildman–Crippen MR) is 200 cm³/mol. The molecule has 6 aromatic carbocycles. The number of nitrogens with zero attached hydrogens (tertiary/aromatic N) is 3. The van der Waals surface area contributed by atoms with Gasteiger partial charge in [0, 0.05) is 39.1 Å². The summed E-state index contributed by atoms with van der Waals surface area (Å²) in [7, 11) is 0. The molecule has 0 fully saturated rings. The highest BCUT2D eigenvalue weighted by molar-refractivity contribution is 6.16. The Morgan fingerprint density at radius 1 is 0.531 bits per heavy atom. The number of allylic oxidation sites excluding steroid dienone is 5. The molecule has 0 saturated carbocycles. The van der Waals surface area contributed by atoms with E-state index >= 15 is 0 Å². The first-order valence-electron chi connectivity index (χ1n) is 16.3. The SMILES string of the molecule is C=C/C=C\C=C/Cc1nc(-c2ccc3ccccc3c2)nc(-c2c(-c3ccc4oc5ccccc5c4c3)ccc3oc4ccccc4c23)n1. The first-order chi connectivity index (χ1) is 24.2. The molecule has 232 valence electrons. The Balaban J connectivity index is 1.32. The van der Waals surface area contributed by atoms with Crippen molar-refractivity contribution in [2.75, 3.05) is 0 Å². The molecular weight excluding hydrogens is 603 g/mol. The topological polar surface area (TPSA) is 65.0 Å². The van der Waals surface area contributed by atoms with Crippen LogP contribution in [-0.2, 0) is 6.42 Å². The maximum atomic E-state index is 6.40. The van der Waals surface area contributed by atoms with Crippen LogP contribution in [0.3, 0.4) is 0 Å². The van der Waals surface area contributed by atoms with Crippen LogP contribution < -0.4 is 0 Å². The van der Waals surface area contributed by atoms with E-state index in [1.165, 1.54) is 0 Å². The monoisotopic (exact) mass is 631 g/mol. The molecule has 0 atom stereocenters. The van der Waals surface area contributed by atoms with Crippen LogP contribution in [0.5, 0.6) is 0 Å². The van der Waals surface area contributed by atoms with Gasteiger partial charge in [-0.25, -0.2) is 15.0 Å². The summed E-state index contributed by atoms with van der Waals surface area (Å²) in [5.41, 5.74) is 7.16. The van der Waals surface area contributed by atoms with E-state index in [0.29, 0.717) is 23.9 Å². The third-order valence-corrected chi connectivity index (χ3v) is 8.94. The van der Waals surface area contributed by atoms with Crippen molar-refractivity contribution in [2.45, 2.75) is 6.42 Å². The highest BCUT2D eigenvalue weighted by atomic mass is 16.3. The first kappa shape index (κ1) is 28.6. The molecule has 49 heavy (non-hydrogen) atoms. The van der Waals surface area contributed by atoms with Gasteiger partial charge in [-0.2, -0.15) is 0 Å². The van der Waals surface area contributed by atoms with E-state index in [0.717, 1.165) is 76.9 Å². The number of furan rings is 2. The lowest BCUT2D eigenvalue weighted by atomic mass is 9.93. The minimum absolute atomic E-state index is 0.530. The van der Waals surface area contributed by atoms with E-state index in [1.54, 1.807) is 6.08 Å². The van der Waals surface area contributed by atoms with Crippen LogP contribution in [0.15, 0.2) is 167 Å². The fourth-order valence-corrected chi connectivity index (χ4v) is 6.66. The van der Waals surface area contributed by atoms with Crippen molar-refractivity contribution in [1.29, 1.82) is 0 Å². The Labute approximate surface area is 282 Å². The number of aromatic nitrogens is 3. The van der Waals surface area contributed by atoms with Gasteiger partial charge in [-0.05, 0) is 64.4 Å². The van der Waals surface area contributed by atoms with Crippen LogP contribution in [-0.4, -0.2) is 15.0 Å². The Kier molecular flexibility index (Phi) is 6.95. The molecule has 3 heterocycles. The van der Waals surface area contributed by atoms with Gasteiger partial charge in [0.1, 0.15) is 28.2 Å². The van der Waals surface area contributed by atoms with Gasteiger partial charge in [0.2, 0.25) is 0 Å². The smallest absolute Gasteiger partial charge is 0.165 e. The lowest BCUT2D eigenvalue weighted by Crippen LogP contribution is -2.03. The van der Waals surface area contributed by atoms with E-state index in [-0.39, 0.29) is 0 Å². The zero-order chi connectivity index (χ0) is 32.7. The fraction of sp³-hybridized carbons (Fsp3) is 0.0227. The number of hydrogen-bond donors (Lipinski definition) is 0. The molecule has 0 aliphatic heterocycles. The third kappa shape index (κ3) is 5.09. The van der Waals surface area contributed by atoms with E-state index < -0.39 is 0 Å². The molecule has 0 aliphatic carbocycles. The minimum atomic E-state index is 0.530. The van der Waals surface area contributed by atoms with Crippen molar-refractivity contribution in [1.82, 2.24) is 15.0 Å². The second-order valence-corrected chi connectivity index (χ2v) is 12.0. The molecule has 9 rings (SSSR count). The quantitative estimate of drug-likeness (QED) is 0.164. The molecule has 5 heteroatoms. The highest BCUT2D eigenvalue weighted by Crippen LogP contribution is 2.43. The summed E-state index contributed by atoms with van der Waals surface area (Å²) < 4.78 is 12.6. The van der Waals surface area contributed by atoms with Crippen molar-refractivity contribution in [3.8, 4) is 33.9 Å². The third-order valence-electron chi connectivity index (χ3n) is 8.94. The molecule has 0 N–H and O–H groups in total. The minimum Gasteiger partial charge on any atom is -0.456 e. The van der Waals surface area contributed by atoms with Crippen molar-refractivity contribution in [3.05, 3.63) is 164 Å². The Bertz CT molecular complexity index is 2780. The van der Waals surface area contributed by atoms with Crippen molar-refractivity contribution in [3.63, 3.8) is 0 Å². The fourth-order valence-electron chi connectivity index (χ4n) is 6.66. The molecule has 0 aliphatic rings. The van der Waals surface area contributed by atoms with Gasteiger partial charge in [0.15, 0.2) is 11.6 Å². The van der Waals surface area contributed by atoms with Gasteiger partial charge in [-0.3, -0.25) is 0 Å². The molecule has 3 aromatic heterocycles. The number of rotatable bonds is 7. The summed E-state index contributed by atoms with van der Waals surface area (Å²) in [5.74, 6) is 1.88. The number of fused-ring (bicyclic) bond motifs is 7. The van der Waals surface area contributed by atoms with Crippen LogP contribution in [0.1, 0.15) is 5.82 Å². The van der Waals surface area contributed by atoms with E-state index in [9.17, 15) is 0 Å². The normalized spacial score (nSPS) is 12.1. The zero-order valence-electron chi connectivity index (χ0n) is 26.5. The average Bonchev–Trinajstić information content (AvgIpc) is 3.72. The maximum absolute atomic E-state index is 6.40. The Morgan fingerprint density at radius 3 is 2.10 bits per heavy atom. The summed E-state index contributed by atoms with van der Waals surface area (Å²) in [5, 5.41) is 6.40. The molecular formula is C44H29N3O2. The average molecular weight is 632 g/mol. The second kappa shape index (κ2) is 11.9. The molecule has 9 aromatic rings. The van der Waals surface area contributed by atoms with Gasteiger partial charge in [0.25, 0.3) is 0 Å². The molecule has 0 saturated heterocycles. The van der Waals surface area contributed by atoms with Crippen LogP contribution in [0.25, 0.3) is 88.6 Å². The standard InChI is InChI=1S/C44H29N3O2/c1-2-3-4-5-6-19-40-45-43(31-21-20-28-13-7-8-14-29(28)26-31)47-44(46-40)42-32(23-25-39-41(42)34-16-10-12-18-37(34)49-39)30-22-24-38-35(27-30)33-15-9-11-17-36(33)48-38/h2-18,20-27H,1,19H2/b4-3-,6-5-. The summed E-state index contributed by atoms with van der Waals surface area (Å²) in [6, 6.07) is 41.5. The zero-order valence-corrected chi connectivity index (χ0v) is 26.5. The first-order valence-corrected chi connectivity index (χ1v) is 16.3. The predicted octanol–water partition coefficient (Wildman–Crippen LogP) is 11.7. The van der Waals surface area contributed by atoms with Crippen LogP contribution in [0.2, 0.25) is 0 Å². The Morgan fingerprint density at radius 2 is 1.22 bits per heavy atom. The van der Waals surface area contributed by atoms with Gasteiger partial charge < -0.3 is 8.83 Å². The molecule has 0 radical (unpaired) electrons. The number of hydrogen-bond acceptors (Lipinski definition) is 5. The molecule has 0 amide bonds. The van der Waals surface area contributed by atoms with Crippen molar-refractivity contribution >= 4 is 54.6 Å². The van der Waals surface area contributed by atoms with E-state index in [2.05, 4.69) is 85.5 Å².